The molecule has 0 radical (unpaired) electrons. The van der Waals surface area contributed by atoms with Crippen LogP contribution in [-0.2, 0) is 0 Å². The summed E-state index contributed by atoms with van der Waals surface area (Å²) >= 11 is 0. The Morgan fingerprint density at radius 3 is 2.67 bits per heavy atom. The summed E-state index contributed by atoms with van der Waals surface area (Å²) in [6, 6.07) is 8.68. The van der Waals surface area contributed by atoms with Crippen molar-refractivity contribution in [2.24, 2.45) is 11.7 Å². The number of rotatable bonds is 4. The molecule has 0 aliphatic heterocycles. The Hall–Kier alpha value is -1.68. The largest absolute Gasteiger partial charge is 0.351 e. The van der Waals surface area contributed by atoms with E-state index in [4.69, 9.17) is 5.73 Å². The van der Waals surface area contributed by atoms with Crippen molar-refractivity contribution in [3.05, 3.63) is 30.0 Å². The molecular weight excluding hydrogens is 260 g/mol. The maximum Gasteiger partial charge on any atom is 0.223 e. The molecule has 1 aliphatic carbocycles. The molecule has 0 spiro atoms. The van der Waals surface area contributed by atoms with Gasteiger partial charge in [-0.3, -0.25) is 0 Å². The molecule has 0 atom stereocenters. The minimum Gasteiger partial charge on any atom is -0.351 e. The summed E-state index contributed by atoms with van der Waals surface area (Å²) < 4.78 is 0. The van der Waals surface area contributed by atoms with Crippen LogP contribution in [0, 0.1) is 12.8 Å². The Morgan fingerprint density at radius 1 is 1.14 bits per heavy atom. The van der Waals surface area contributed by atoms with Gasteiger partial charge < -0.3 is 11.1 Å². The number of nitrogens with zero attached hydrogens (tertiary/aromatic N) is 2. The third-order valence-corrected chi connectivity index (χ3v) is 4.55. The van der Waals surface area contributed by atoms with Gasteiger partial charge in [-0.05, 0) is 57.6 Å². The standard InChI is InChI=1S/C17H24N4/c1-12-15-4-2-3-5-16(15)21-17(19-12)20-14-8-6-13(7-9-14)10-11-18/h2-5,13-14H,6-11,18H2,1H3,(H,19,20,21)/t13-,14+. The van der Waals surface area contributed by atoms with E-state index in [1.807, 2.05) is 25.1 Å². The number of para-hydroxylation sites is 1. The normalized spacial score (nSPS) is 22.4. The molecule has 112 valence electrons. The zero-order valence-electron chi connectivity index (χ0n) is 12.7. The molecule has 0 amide bonds. The molecule has 1 saturated carbocycles. The van der Waals surface area contributed by atoms with Crippen molar-refractivity contribution in [3.8, 4) is 0 Å². The number of hydrogen-bond acceptors (Lipinski definition) is 4. The molecule has 1 aliphatic rings. The third kappa shape index (κ3) is 3.32. The summed E-state index contributed by atoms with van der Waals surface area (Å²) in [5.41, 5.74) is 7.71. The smallest absolute Gasteiger partial charge is 0.223 e. The number of anilines is 1. The van der Waals surface area contributed by atoms with E-state index in [1.54, 1.807) is 0 Å². The van der Waals surface area contributed by atoms with Gasteiger partial charge in [0.25, 0.3) is 0 Å². The lowest BCUT2D eigenvalue weighted by atomic mass is 9.84. The number of aryl methyl sites for hydroxylation is 1. The monoisotopic (exact) mass is 284 g/mol. The lowest BCUT2D eigenvalue weighted by Gasteiger charge is -2.29. The SMILES string of the molecule is Cc1nc(N[C@H]2CC[C@@H](CCN)CC2)nc2ccccc12. The molecule has 2 aromatic rings. The second kappa shape index (κ2) is 6.39. The first kappa shape index (κ1) is 14.3. The first-order valence-corrected chi connectivity index (χ1v) is 7.96. The molecule has 4 nitrogen and oxygen atoms in total. The molecule has 3 N–H and O–H groups in total. The first-order valence-electron chi connectivity index (χ1n) is 7.96. The van der Waals surface area contributed by atoms with Gasteiger partial charge in [0.15, 0.2) is 0 Å². The van der Waals surface area contributed by atoms with Crippen LogP contribution in [0.5, 0.6) is 0 Å². The fraction of sp³-hybridized carbons (Fsp3) is 0.529. The zero-order valence-corrected chi connectivity index (χ0v) is 12.7. The maximum absolute atomic E-state index is 5.65. The molecular formula is C17H24N4. The van der Waals surface area contributed by atoms with Crippen LogP contribution in [0.25, 0.3) is 10.9 Å². The minimum atomic E-state index is 0.500. The molecule has 1 fully saturated rings. The zero-order chi connectivity index (χ0) is 14.7. The van der Waals surface area contributed by atoms with E-state index >= 15 is 0 Å². The van der Waals surface area contributed by atoms with Crippen molar-refractivity contribution >= 4 is 16.9 Å². The van der Waals surface area contributed by atoms with Gasteiger partial charge in [-0.1, -0.05) is 18.2 Å². The van der Waals surface area contributed by atoms with Crippen molar-refractivity contribution < 1.29 is 0 Å². The highest BCUT2D eigenvalue weighted by atomic mass is 15.1. The van der Waals surface area contributed by atoms with Crippen LogP contribution in [0.4, 0.5) is 5.95 Å². The first-order chi connectivity index (χ1) is 10.3. The van der Waals surface area contributed by atoms with E-state index in [-0.39, 0.29) is 0 Å². The van der Waals surface area contributed by atoms with Gasteiger partial charge in [-0.15, -0.1) is 0 Å². The van der Waals surface area contributed by atoms with Crippen LogP contribution in [0.2, 0.25) is 0 Å². The number of hydrogen-bond donors (Lipinski definition) is 2. The highest BCUT2D eigenvalue weighted by Crippen LogP contribution is 2.28. The van der Waals surface area contributed by atoms with Crippen molar-refractivity contribution in [3.63, 3.8) is 0 Å². The summed E-state index contributed by atoms with van der Waals surface area (Å²) in [5, 5.41) is 4.66. The van der Waals surface area contributed by atoms with Crippen LogP contribution in [0.3, 0.4) is 0 Å². The van der Waals surface area contributed by atoms with Gasteiger partial charge in [0, 0.05) is 11.4 Å². The van der Waals surface area contributed by atoms with Gasteiger partial charge >= 0.3 is 0 Å². The molecule has 0 unspecified atom stereocenters. The van der Waals surface area contributed by atoms with Crippen LogP contribution >= 0.6 is 0 Å². The van der Waals surface area contributed by atoms with Gasteiger partial charge in [0.1, 0.15) is 0 Å². The van der Waals surface area contributed by atoms with Gasteiger partial charge in [0.05, 0.1) is 11.2 Å². The summed E-state index contributed by atoms with van der Waals surface area (Å²) in [4.78, 5) is 9.25. The summed E-state index contributed by atoms with van der Waals surface area (Å²) in [7, 11) is 0. The topological polar surface area (TPSA) is 63.8 Å². The highest BCUT2D eigenvalue weighted by Gasteiger charge is 2.21. The molecule has 1 aromatic carbocycles. The summed E-state index contributed by atoms with van der Waals surface area (Å²) in [6.45, 7) is 2.86. The number of fused-ring (bicyclic) bond motifs is 1. The van der Waals surface area contributed by atoms with Crippen LogP contribution in [0.15, 0.2) is 24.3 Å². The van der Waals surface area contributed by atoms with E-state index in [9.17, 15) is 0 Å². The van der Waals surface area contributed by atoms with Crippen molar-refractivity contribution in [1.82, 2.24) is 9.97 Å². The van der Waals surface area contributed by atoms with Crippen molar-refractivity contribution in [1.29, 1.82) is 0 Å². The maximum atomic E-state index is 5.65. The lowest BCUT2D eigenvalue weighted by molar-refractivity contribution is 0.324. The summed E-state index contributed by atoms with van der Waals surface area (Å²) in [5.74, 6) is 1.58. The molecule has 4 heteroatoms. The van der Waals surface area contributed by atoms with Crippen LogP contribution < -0.4 is 11.1 Å². The average Bonchev–Trinajstić information content (AvgIpc) is 2.50. The van der Waals surface area contributed by atoms with E-state index in [0.717, 1.165) is 41.4 Å². The predicted octanol–water partition coefficient (Wildman–Crippen LogP) is 3.26. The molecule has 3 rings (SSSR count). The Labute approximate surface area is 126 Å². The molecule has 0 saturated heterocycles. The molecule has 0 bridgehead atoms. The second-order valence-electron chi connectivity index (χ2n) is 6.09. The predicted molar refractivity (Wildman–Crippen MR) is 87.3 cm³/mol. The van der Waals surface area contributed by atoms with Crippen molar-refractivity contribution in [2.45, 2.75) is 45.1 Å². The highest BCUT2D eigenvalue weighted by molar-refractivity contribution is 5.81. The van der Waals surface area contributed by atoms with Gasteiger partial charge in [-0.2, -0.15) is 0 Å². The van der Waals surface area contributed by atoms with Crippen LogP contribution in [0.1, 0.15) is 37.8 Å². The Morgan fingerprint density at radius 2 is 1.90 bits per heavy atom. The Kier molecular flexibility index (Phi) is 4.34. The van der Waals surface area contributed by atoms with E-state index < -0.39 is 0 Å². The lowest BCUT2D eigenvalue weighted by Crippen LogP contribution is -2.27. The van der Waals surface area contributed by atoms with Gasteiger partial charge in [0.2, 0.25) is 5.95 Å². The molecule has 21 heavy (non-hydrogen) atoms. The average molecular weight is 284 g/mol. The fourth-order valence-electron chi connectivity index (χ4n) is 3.31. The van der Waals surface area contributed by atoms with Crippen molar-refractivity contribution in [2.75, 3.05) is 11.9 Å². The minimum absolute atomic E-state index is 0.500. The summed E-state index contributed by atoms with van der Waals surface area (Å²) in [6.07, 6.45) is 6.08. The van der Waals surface area contributed by atoms with Gasteiger partial charge in [-0.25, -0.2) is 9.97 Å². The Balaban J connectivity index is 1.68. The fourth-order valence-corrected chi connectivity index (χ4v) is 3.31. The number of aromatic nitrogens is 2. The van der Waals surface area contributed by atoms with E-state index in [1.165, 1.54) is 25.7 Å². The third-order valence-electron chi connectivity index (χ3n) is 4.55. The second-order valence-corrected chi connectivity index (χ2v) is 6.09. The van der Waals surface area contributed by atoms with E-state index in [0.29, 0.717) is 6.04 Å². The number of nitrogens with two attached hydrogens (primary N) is 1. The molecule has 1 heterocycles. The number of benzene rings is 1. The quantitative estimate of drug-likeness (QED) is 0.904. The van der Waals surface area contributed by atoms with Crippen LogP contribution in [-0.4, -0.2) is 22.6 Å². The van der Waals surface area contributed by atoms with E-state index in [2.05, 4.69) is 21.4 Å². The number of nitrogens with one attached hydrogen (secondary N) is 1. The molecule has 1 aromatic heterocycles. The Bertz CT molecular complexity index is 603.